The van der Waals surface area contributed by atoms with Gasteiger partial charge in [-0.3, -0.25) is 4.72 Å². The zero-order valence-corrected chi connectivity index (χ0v) is 14.5. The van der Waals surface area contributed by atoms with Crippen molar-refractivity contribution in [1.29, 1.82) is 0 Å². The molecule has 6 heteroatoms. The van der Waals surface area contributed by atoms with Crippen molar-refractivity contribution in [2.45, 2.75) is 46.1 Å². The molecule has 1 saturated heterocycles. The Labute approximate surface area is 129 Å². The SMILES string of the molecule is Cc1cc(Br)cc(C)c1NS(=O)(=O)N1CCCCC1C. The van der Waals surface area contributed by atoms with E-state index in [2.05, 4.69) is 20.7 Å². The lowest BCUT2D eigenvalue weighted by Crippen LogP contribution is -2.45. The van der Waals surface area contributed by atoms with E-state index in [1.165, 1.54) is 0 Å². The summed E-state index contributed by atoms with van der Waals surface area (Å²) in [5, 5.41) is 0. The second-order valence-corrected chi connectivity index (χ2v) is 8.02. The molecule has 2 rings (SSSR count). The van der Waals surface area contributed by atoms with Crippen LogP contribution in [0.3, 0.4) is 0 Å². The fourth-order valence-corrected chi connectivity index (χ4v) is 5.02. The Bertz CT molecular complexity index is 578. The van der Waals surface area contributed by atoms with Crippen molar-refractivity contribution < 1.29 is 8.42 Å². The molecule has 0 radical (unpaired) electrons. The summed E-state index contributed by atoms with van der Waals surface area (Å²) in [5.74, 6) is 0. The van der Waals surface area contributed by atoms with Crippen molar-refractivity contribution in [2.24, 2.45) is 0 Å². The summed E-state index contributed by atoms with van der Waals surface area (Å²) in [7, 11) is -3.48. The minimum atomic E-state index is -3.48. The molecule has 1 fully saturated rings. The van der Waals surface area contributed by atoms with E-state index in [0.29, 0.717) is 12.2 Å². The first kappa shape index (κ1) is 15.8. The molecule has 112 valence electrons. The highest BCUT2D eigenvalue weighted by atomic mass is 79.9. The maximum Gasteiger partial charge on any atom is 0.301 e. The molecule has 1 aliphatic heterocycles. The first-order valence-corrected chi connectivity index (χ1v) is 9.11. The fourth-order valence-electron chi connectivity index (χ4n) is 2.69. The molecular weight excluding hydrogens is 340 g/mol. The van der Waals surface area contributed by atoms with E-state index in [4.69, 9.17) is 0 Å². The van der Waals surface area contributed by atoms with Crippen LogP contribution in [-0.2, 0) is 10.2 Å². The number of rotatable bonds is 3. The van der Waals surface area contributed by atoms with E-state index in [1.807, 2.05) is 32.9 Å². The van der Waals surface area contributed by atoms with Gasteiger partial charge in [0.2, 0.25) is 0 Å². The van der Waals surface area contributed by atoms with Crippen molar-refractivity contribution in [3.8, 4) is 0 Å². The van der Waals surface area contributed by atoms with Crippen molar-refractivity contribution >= 4 is 31.8 Å². The summed E-state index contributed by atoms with van der Waals surface area (Å²) < 4.78 is 30.4. The van der Waals surface area contributed by atoms with Gasteiger partial charge in [0.1, 0.15) is 0 Å². The number of halogens is 1. The molecule has 0 aliphatic carbocycles. The van der Waals surface area contributed by atoms with Crippen LogP contribution in [0, 0.1) is 13.8 Å². The van der Waals surface area contributed by atoms with Crippen LogP contribution in [0.2, 0.25) is 0 Å². The number of hydrogen-bond donors (Lipinski definition) is 1. The molecule has 0 amide bonds. The maximum atomic E-state index is 12.6. The van der Waals surface area contributed by atoms with Crippen LogP contribution in [-0.4, -0.2) is 25.3 Å². The van der Waals surface area contributed by atoms with Crippen LogP contribution in [0.1, 0.15) is 37.3 Å². The van der Waals surface area contributed by atoms with E-state index < -0.39 is 10.2 Å². The smallest absolute Gasteiger partial charge is 0.270 e. The highest BCUT2D eigenvalue weighted by molar-refractivity contribution is 9.10. The van der Waals surface area contributed by atoms with E-state index >= 15 is 0 Å². The van der Waals surface area contributed by atoms with Crippen molar-refractivity contribution in [1.82, 2.24) is 4.31 Å². The number of hydrogen-bond acceptors (Lipinski definition) is 2. The molecule has 1 heterocycles. The number of anilines is 1. The van der Waals surface area contributed by atoms with E-state index in [1.54, 1.807) is 4.31 Å². The van der Waals surface area contributed by atoms with Crippen LogP contribution in [0.15, 0.2) is 16.6 Å². The molecule has 1 N–H and O–H groups in total. The van der Waals surface area contributed by atoms with Gasteiger partial charge < -0.3 is 0 Å². The average Bonchev–Trinajstić information content (AvgIpc) is 2.34. The van der Waals surface area contributed by atoms with Gasteiger partial charge in [0.05, 0.1) is 5.69 Å². The lowest BCUT2D eigenvalue weighted by molar-refractivity contribution is 0.270. The Balaban J connectivity index is 2.29. The van der Waals surface area contributed by atoms with Crippen LogP contribution < -0.4 is 4.72 Å². The molecule has 1 aromatic carbocycles. The third-order valence-corrected chi connectivity index (χ3v) is 5.86. The molecule has 0 bridgehead atoms. The van der Waals surface area contributed by atoms with Crippen molar-refractivity contribution in [3.05, 3.63) is 27.7 Å². The number of nitrogens with zero attached hydrogens (tertiary/aromatic N) is 1. The Morgan fingerprint density at radius 1 is 1.25 bits per heavy atom. The number of nitrogens with one attached hydrogen (secondary N) is 1. The van der Waals surface area contributed by atoms with E-state index in [-0.39, 0.29) is 6.04 Å². The topological polar surface area (TPSA) is 49.4 Å². The quantitative estimate of drug-likeness (QED) is 0.894. The largest absolute Gasteiger partial charge is 0.301 e. The summed E-state index contributed by atoms with van der Waals surface area (Å²) in [4.78, 5) is 0. The molecule has 4 nitrogen and oxygen atoms in total. The molecule has 0 spiro atoms. The van der Waals surface area contributed by atoms with Gasteiger partial charge in [-0.2, -0.15) is 12.7 Å². The van der Waals surface area contributed by atoms with Gasteiger partial charge in [-0.15, -0.1) is 0 Å². The number of piperidine rings is 1. The summed E-state index contributed by atoms with van der Waals surface area (Å²) in [6.07, 6.45) is 2.96. The van der Waals surface area contributed by atoms with Crippen LogP contribution >= 0.6 is 15.9 Å². The van der Waals surface area contributed by atoms with Crippen LogP contribution in [0.25, 0.3) is 0 Å². The Hall–Kier alpha value is -0.590. The van der Waals surface area contributed by atoms with Crippen LogP contribution in [0.5, 0.6) is 0 Å². The van der Waals surface area contributed by atoms with Gasteiger partial charge in [-0.05, 0) is 56.9 Å². The predicted molar refractivity (Wildman–Crippen MR) is 86.2 cm³/mol. The van der Waals surface area contributed by atoms with Gasteiger partial charge >= 0.3 is 10.2 Å². The molecule has 1 aromatic rings. The molecular formula is C14H21BrN2O2S. The van der Waals surface area contributed by atoms with Crippen molar-refractivity contribution in [3.63, 3.8) is 0 Å². The minimum Gasteiger partial charge on any atom is -0.270 e. The molecule has 0 aromatic heterocycles. The molecule has 1 aliphatic rings. The highest BCUT2D eigenvalue weighted by Crippen LogP contribution is 2.28. The second kappa shape index (κ2) is 6.03. The zero-order chi connectivity index (χ0) is 14.9. The molecule has 0 saturated carbocycles. The summed E-state index contributed by atoms with van der Waals surface area (Å²) in [5.41, 5.74) is 2.53. The zero-order valence-electron chi connectivity index (χ0n) is 12.1. The van der Waals surface area contributed by atoms with Crippen molar-refractivity contribution in [2.75, 3.05) is 11.3 Å². The highest BCUT2D eigenvalue weighted by Gasteiger charge is 2.30. The van der Waals surface area contributed by atoms with Gasteiger partial charge in [0.15, 0.2) is 0 Å². The molecule has 1 atom stereocenters. The summed E-state index contributed by atoms with van der Waals surface area (Å²) >= 11 is 3.43. The fraction of sp³-hybridized carbons (Fsp3) is 0.571. The molecule has 20 heavy (non-hydrogen) atoms. The molecule has 1 unspecified atom stereocenters. The monoisotopic (exact) mass is 360 g/mol. The third-order valence-electron chi connectivity index (χ3n) is 3.78. The van der Waals surface area contributed by atoms with E-state index in [0.717, 1.165) is 34.9 Å². The summed E-state index contributed by atoms with van der Waals surface area (Å²) in [6, 6.07) is 3.91. The Kier molecular flexibility index (Phi) is 4.76. The minimum absolute atomic E-state index is 0.0670. The first-order chi connectivity index (χ1) is 9.31. The first-order valence-electron chi connectivity index (χ1n) is 6.87. The lowest BCUT2D eigenvalue weighted by Gasteiger charge is -2.32. The Morgan fingerprint density at radius 3 is 2.40 bits per heavy atom. The van der Waals surface area contributed by atoms with Gasteiger partial charge in [-0.25, -0.2) is 0 Å². The standard InChI is InChI=1S/C14H21BrN2O2S/c1-10-8-13(15)9-11(2)14(10)16-20(18,19)17-7-5-4-6-12(17)3/h8-9,12,16H,4-7H2,1-3H3. The predicted octanol–water partition coefficient (Wildman–Crippen LogP) is 3.60. The normalized spacial score (nSPS) is 20.9. The average molecular weight is 361 g/mol. The maximum absolute atomic E-state index is 12.6. The van der Waals surface area contributed by atoms with Crippen LogP contribution in [0.4, 0.5) is 5.69 Å². The number of benzene rings is 1. The van der Waals surface area contributed by atoms with E-state index in [9.17, 15) is 8.42 Å². The summed E-state index contributed by atoms with van der Waals surface area (Å²) in [6.45, 7) is 6.40. The Morgan fingerprint density at radius 2 is 1.85 bits per heavy atom. The van der Waals surface area contributed by atoms with Gasteiger partial charge in [-0.1, -0.05) is 22.4 Å². The number of aryl methyl sites for hydroxylation is 2. The van der Waals surface area contributed by atoms with Gasteiger partial charge in [0, 0.05) is 17.1 Å². The third kappa shape index (κ3) is 3.35. The lowest BCUT2D eigenvalue weighted by atomic mass is 10.1. The van der Waals surface area contributed by atoms with Gasteiger partial charge in [0.25, 0.3) is 0 Å². The second-order valence-electron chi connectivity index (χ2n) is 5.48.